The minimum absolute atomic E-state index is 0.0527. The Balaban J connectivity index is 1.57. The number of methoxy groups -OCH3 is 2. The summed E-state index contributed by atoms with van der Waals surface area (Å²) in [4.78, 5) is 38.7. The standard InChI is InChI=1S/C23H26N2O6/c1-14-7-15(2)9-17(8-14)25-12-16(10-22(25)27)23(28)31-13-21(26)24-19-11-18(29-3)5-6-20(19)30-4/h5-9,11,16H,10,12-13H2,1-4H3,(H,24,26)/t16-/m1/s1. The van der Waals surface area contributed by atoms with Crippen molar-refractivity contribution in [2.24, 2.45) is 5.92 Å². The van der Waals surface area contributed by atoms with Gasteiger partial charge < -0.3 is 24.4 Å². The van der Waals surface area contributed by atoms with Gasteiger partial charge in [-0.3, -0.25) is 14.4 Å². The van der Waals surface area contributed by atoms with Gasteiger partial charge in [0.2, 0.25) is 5.91 Å². The number of nitrogens with zero attached hydrogens (tertiary/aromatic N) is 1. The van der Waals surface area contributed by atoms with Crippen LogP contribution in [0.2, 0.25) is 0 Å². The topological polar surface area (TPSA) is 94.2 Å². The van der Waals surface area contributed by atoms with Crippen LogP contribution in [0.1, 0.15) is 17.5 Å². The number of ether oxygens (including phenoxy) is 3. The second-order valence-electron chi connectivity index (χ2n) is 7.47. The SMILES string of the molecule is COc1ccc(OC)c(NC(=O)COC(=O)[C@@H]2CC(=O)N(c3cc(C)cc(C)c3)C2)c1. The zero-order valence-corrected chi connectivity index (χ0v) is 18.1. The largest absolute Gasteiger partial charge is 0.497 e. The Labute approximate surface area is 181 Å². The van der Waals surface area contributed by atoms with E-state index in [1.807, 2.05) is 32.0 Å². The molecule has 0 spiro atoms. The maximum atomic E-state index is 12.5. The number of amides is 2. The molecule has 0 saturated carbocycles. The van der Waals surface area contributed by atoms with Crippen molar-refractivity contribution in [3.8, 4) is 11.5 Å². The number of aryl methyl sites for hydroxylation is 2. The van der Waals surface area contributed by atoms with E-state index in [1.54, 1.807) is 23.1 Å². The first-order chi connectivity index (χ1) is 14.8. The molecule has 1 N–H and O–H groups in total. The van der Waals surface area contributed by atoms with Crippen LogP contribution in [-0.4, -0.2) is 45.2 Å². The van der Waals surface area contributed by atoms with Gasteiger partial charge in [-0.1, -0.05) is 6.07 Å². The van der Waals surface area contributed by atoms with E-state index in [0.29, 0.717) is 17.2 Å². The van der Waals surface area contributed by atoms with E-state index in [0.717, 1.165) is 16.8 Å². The third-order valence-electron chi connectivity index (χ3n) is 5.00. The van der Waals surface area contributed by atoms with Crippen LogP contribution < -0.4 is 19.7 Å². The summed E-state index contributed by atoms with van der Waals surface area (Å²) >= 11 is 0. The fourth-order valence-corrected chi connectivity index (χ4v) is 3.57. The minimum Gasteiger partial charge on any atom is -0.497 e. The summed E-state index contributed by atoms with van der Waals surface area (Å²) in [5.41, 5.74) is 3.25. The molecule has 8 heteroatoms. The molecular formula is C23H26N2O6. The highest BCUT2D eigenvalue weighted by atomic mass is 16.5. The zero-order valence-electron chi connectivity index (χ0n) is 18.1. The summed E-state index contributed by atoms with van der Waals surface area (Å²) < 4.78 is 15.5. The van der Waals surface area contributed by atoms with E-state index < -0.39 is 24.4 Å². The van der Waals surface area contributed by atoms with E-state index >= 15 is 0 Å². The Morgan fingerprint density at radius 2 is 1.77 bits per heavy atom. The molecule has 1 fully saturated rings. The lowest BCUT2D eigenvalue weighted by Gasteiger charge is -2.18. The summed E-state index contributed by atoms with van der Waals surface area (Å²) in [6.07, 6.45) is 0.0527. The van der Waals surface area contributed by atoms with Crippen LogP contribution in [0.3, 0.4) is 0 Å². The Morgan fingerprint density at radius 1 is 1.06 bits per heavy atom. The lowest BCUT2D eigenvalue weighted by Crippen LogP contribution is -2.28. The third kappa shape index (κ3) is 5.33. The van der Waals surface area contributed by atoms with E-state index in [4.69, 9.17) is 14.2 Å². The van der Waals surface area contributed by atoms with Gasteiger partial charge in [-0.2, -0.15) is 0 Å². The van der Waals surface area contributed by atoms with Crippen molar-refractivity contribution in [2.45, 2.75) is 20.3 Å². The van der Waals surface area contributed by atoms with Gasteiger partial charge in [0.25, 0.3) is 5.91 Å². The van der Waals surface area contributed by atoms with Crippen LogP contribution in [0.4, 0.5) is 11.4 Å². The highest BCUT2D eigenvalue weighted by molar-refractivity contribution is 6.00. The number of benzene rings is 2. The predicted molar refractivity (Wildman–Crippen MR) is 116 cm³/mol. The first kappa shape index (κ1) is 22.1. The first-order valence-corrected chi connectivity index (χ1v) is 9.88. The summed E-state index contributed by atoms with van der Waals surface area (Å²) in [5, 5.41) is 2.64. The summed E-state index contributed by atoms with van der Waals surface area (Å²) in [5.74, 6) is -0.858. The van der Waals surface area contributed by atoms with Crippen LogP contribution >= 0.6 is 0 Å². The quantitative estimate of drug-likeness (QED) is 0.685. The second-order valence-corrected chi connectivity index (χ2v) is 7.47. The number of rotatable bonds is 7. The van der Waals surface area contributed by atoms with E-state index in [-0.39, 0.29) is 18.9 Å². The van der Waals surface area contributed by atoms with Gasteiger partial charge in [-0.05, 0) is 49.2 Å². The average molecular weight is 426 g/mol. The normalized spacial score (nSPS) is 15.5. The Kier molecular flexibility index (Phi) is 6.79. The maximum Gasteiger partial charge on any atom is 0.311 e. The fourth-order valence-electron chi connectivity index (χ4n) is 3.57. The Hall–Kier alpha value is -3.55. The van der Waals surface area contributed by atoms with Gasteiger partial charge in [0.05, 0.1) is 25.8 Å². The van der Waals surface area contributed by atoms with Gasteiger partial charge in [0, 0.05) is 24.7 Å². The van der Waals surface area contributed by atoms with Crippen LogP contribution in [0.5, 0.6) is 11.5 Å². The molecule has 1 heterocycles. The molecule has 31 heavy (non-hydrogen) atoms. The zero-order chi connectivity index (χ0) is 22.5. The molecule has 1 atom stereocenters. The molecule has 1 aliphatic rings. The summed E-state index contributed by atoms with van der Waals surface area (Å²) in [6.45, 7) is 3.68. The van der Waals surface area contributed by atoms with Crippen molar-refractivity contribution in [3.63, 3.8) is 0 Å². The number of hydrogen-bond acceptors (Lipinski definition) is 6. The first-order valence-electron chi connectivity index (χ1n) is 9.88. The molecule has 0 bridgehead atoms. The van der Waals surface area contributed by atoms with Crippen molar-refractivity contribution in [3.05, 3.63) is 47.5 Å². The third-order valence-corrected chi connectivity index (χ3v) is 5.00. The van der Waals surface area contributed by atoms with Crippen LogP contribution in [0.25, 0.3) is 0 Å². The van der Waals surface area contributed by atoms with Crippen molar-refractivity contribution in [1.82, 2.24) is 0 Å². The van der Waals surface area contributed by atoms with Gasteiger partial charge in [-0.25, -0.2) is 0 Å². The van der Waals surface area contributed by atoms with Crippen molar-refractivity contribution >= 4 is 29.2 Å². The van der Waals surface area contributed by atoms with Crippen LogP contribution in [-0.2, 0) is 19.1 Å². The smallest absolute Gasteiger partial charge is 0.311 e. The van der Waals surface area contributed by atoms with E-state index in [9.17, 15) is 14.4 Å². The van der Waals surface area contributed by atoms with Crippen molar-refractivity contribution < 1.29 is 28.6 Å². The second kappa shape index (κ2) is 9.51. The molecule has 1 aliphatic heterocycles. The van der Waals surface area contributed by atoms with Gasteiger partial charge in [-0.15, -0.1) is 0 Å². The Bertz CT molecular complexity index is 983. The molecule has 3 rings (SSSR count). The number of carbonyl (C=O) groups is 3. The van der Waals surface area contributed by atoms with Gasteiger partial charge in [0.15, 0.2) is 6.61 Å². The molecule has 2 amide bonds. The van der Waals surface area contributed by atoms with Gasteiger partial charge in [0.1, 0.15) is 11.5 Å². The molecule has 8 nitrogen and oxygen atoms in total. The molecule has 2 aromatic rings. The monoisotopic (exact) mass is 426 g/mol. The highest BCUT2D eigenvalue weighted by Crippen LogP contribution is 2.29. The Morgan fingerprint density at radius 3 is 2.42 bits per heavy atom. The summed E-state index contributed by atoms with van der Waals surface area (Å²) in [6, 6.07) is 10.8. The molecule has 0 unspecified atom stereocenters. The average Bonchev–Trinajstić information content (AvgIpc) is 3.13. The molecular weight excluding hydrogens is 400 g/mol. The lowest BCUT2D eigenvalue weighted by molar-refractivity contribution is -0.151. The molecule has 0 aromatic heterocycles. The number of nitrogens with one attached hydrogen (secondary N) is 1. The molecule has 2 aromatic carbocycles. The van der Waals surface area contributed by atoms with E-state index in [2.05, 4.69) is 5.32 Å². The minimum atomic E-state index is -0.618. The van der Waals surface area contributed by atoms with Crippen LogP contribution in [0.15, 0.2) is 36.4 Å². The number of anilines is 2. The summed E-state index contributed by atoms with van der Waals surface area (Å²) in [7, 11) is 3.00. The molecule has 0 aliphatic carbocycles. The highest BCUT2D eigenvalue weighted by Gasteiger charge is 2.36. The fraction of sp³-hybridized carbons (Fsp3) is 0.348. The van der Waals surface area contributed by atoms with Gasteiger partial charge >= 0.3 is 5.97 Å². The number of esters is 1. The molecule has 0 radical (unpaired) electrons. The lowest BCUT2D eigenvalue weighted by atomic mass is 10.1. The predicted octanol–water partition coefficient (Wildman–Crippen LogP) is 2.86. The number of hydrogen-bond donors (Lipinski definition) is 1. The van der Waals surface area contributed by atoms with Crippen LogP contribution in [0, 0.1) is 19.8 Å². The van der Waals surface area contributed by atoms with Crippen molar-refractivity contribution in [1.29, 1.82) is 0 Å². The molecule has 164 valence electrons. The molecule has 1 saturated heterocycles. The number of carbonyl (C=O) groups excluding carboxylic acids is 3. The van der Waals surface area contributed by atoms with E-state index in [1.165, 1.54) is 14.2 Å². The van der Waals surface area contributed by atoms with Crippen molar-refractivity contribution in [2.75, 3.05) is 37.6 Å². The maximum absolute atomic E-state index is 12.5.